The van der Waals surface area contributed by atoms with Crippen molar-refractivity contribution in [2.75, 3.05) is 0 Å². The predicted molar refractivity (Wildman–Crippen MR) is 224 cm³/mol. The molecule has 5 heteroatoms. The lowest BCUT2D eigenvalue weighted by Crippen LogP contribution is -1.98. The molecule has 0 aliphatic rings. The molecule has 0 fully saturated rings. The lowest BCUT2D eigenvalue weighted by Gasteiger charge is -2.14. The number of para-hydroxylation sites is 5. The van der Waals surface area contributed by atoms with Crippen molar-refractivity contribution in [1.82, 2.24) is 13.7 Å². The lowest BCUT2D eigenvalue weighted by atomic mass is 10.0. The number of hydrogen-bond donors (Lipinski definition) is 0. The molecule has 11 aromatic rings. The van der Waals surface area contributed by atoms with Crippen LogP contribution in [0, 0.1) is 22.7 Å². The third kappa shape index (κ3) is 4.51. The Morgan fingerprint density at radius 3 is 1.47 bits per heavy atom. The fraction of sp³-hybridized carbons (Fsp3) is 0. The van der Waals surface area contributed by atoms with Crippen molar-refractivity contribution in [3.05, 3.63) is 187 Å². The average molecular weight is 700 g/mol. The summed E-state index contributed by atoms with van der Waals surface area (Å²) in [7, 11) is 0. The van der Waals surface area contributed by atoms with Gasteiger partial charge < -0.3 is 13.7 Å². The minimum Gasteiger partial charge on any atom is -0.309 e. The SMILES string of the molecule is N#Cc1cc(-c2cccc(-n3c4ccccc4c4ccc(-n5c6ccccc6c6ccccc65)cc43)c2)cc(-n2c3ccccc3c3cccc(C#N)c32)c1. The van der Waals surface area contributed by atoms with Crippen molar-refractivity contribution in [1.29, 1.82) is 10.5 Å². The summed E-state index contributed by atoms with van der Waals surface area (Å²) in [6, 6.07) is 66.0. The number of benzene rings is 8. The largest absolute Gasteiger partial charge is 0.309 e. The molecule has 11 rings (SSSR count). The maximum Gasteiger partial charge on any atom is 0.101 e. The zero-order chi connectivity index (χ0) is 36.6. The van der Waals surface area contributed by atoms with Gasteiger partial charge in [0.1, 0.15) is 6.07 Å². The second-order valence-electron chi connectivity index (χ2n) is 14.0. The molecule has 5 nitrogen and oxygen atoms in total. The predicted octanol–water partition coefficient (Wildman–Crippen LogP) is 12.4. The van der Waals surface area contributed by atoms with E-state index in [9.17, 15) is 10.5 Å². The molecule has 0 radical (unpaired) electrons. The van der Waals surface area contributed by atoms with E-state index in [1.807, 2.05) is 36.4 Å². The van der Waals surface area contributed by atoms with Gasteiger partial charge in [-0.05, 0) is 83.9 Å². The first-order valence-corrected chi connectivity index (χ1v) is 18.3. The zero-order valence-corrected chi connectivity index (χ0v) is 29.5. The Bertz CT molecular complexity index is 3420. The molecule has 3 aromatic heterocycles. The minimum atomic E-state index is 0.547. The fourth-order valence-corrected chi connectivity index (χ4v) is 8.75. The number of rotatable bonds is 4. The van der Waals surface area contributed by atoms with Gasteiger partial charge in [0.15, 0.2) is 0 Å². The van der Waals surface area contributed by atoms with Crippen molar-refractivity contribution >= 4 is 65.4 Å². The highest BCUT2D eigenvalue weighted by molar-refractivity contribution is 6.13. The molecule has 0 saturated carbocycles. The Morgan fingerprint density at radius 2 is 0.836 bits per heavy atom. The van der Waals surface area contributed by atoms with Crippen LogP contribution in [0.15, 0.2) is 176 Å². The van der Waals surface area contributed by atoms with Crippen LogP contribution in [0.4, 0.5) is 0 Å². The minimum absolute atomic E-state index is 0.547. The first kappa shape index (κ1) is 30.7. The summed E-state index contributed by atoms with van der Waals surface area (Å²) in [6.45, 7) is 0. The summed E-state index contributed by atoms with van der Waals surface area (Å²) in [6.07, 6.45) is 0. The number of nitriles is 2. The van der Waals surface area contributed by atoms with E-state index in [-0.39, 0.29) is 0 Å². The number of fused-ring (bicyclic) bond motifs is 9. The Labute approximate surface area is 316 Å². The molecular weight excluding hydrogens is 671 g/mol. The van der Waals surface area contributed by atoms with Crippen LogP contribution in [-0.4, -0.2) is 13.7 Å². The van der Waals surface area contributed by atoms with Crippen molar-refractivity contribution in [2.24, 2.45) is 0 Å². The van der Waals surface area contributed by atoms with Crippen LogP contribution >= 0.6 is 0 Å². The Morgan fingerprint density at radius 1 is 0.327 bits per heavy atom. The highest BCUT2D eigenvalue weighted by Gasteiger charge is 2.19. The van der Waals surface area contributed by atoms with Crippen LogP contribution < -0.4 is 0 Å². The van der Waals surface area contributed by atoms with Crippen molar-refractivity contribution in [3.8, 4) is 40.3 Å². The van der Waals surface area contributed by atoms with Crippen molar-refractivity contribution < 1.29 is 0 Å². The van der Waals surface area contributed by atoms with Crippen LogP contribution in [0.3, 0.4) is 0 Å². The molecule has 0 saturated heterocycles. The molecule has 8 aromatic carbocycles. The van der Waals surface area contributed by atoms with Gasteiger partial charge in [-0.2, -0.15) is 10.5 Å². The van der Waals surface area contributed by atoms with Gasteiger partial charge in [-0.15, -0.1) is 0 Å². The molecule has 0 unspecified atom stereocenters. The summed E-state index contributed by atoms with van der Waals surface area (Å²) < 4.78 is 6.84. The maximum absolute atomic E-state index is 10.3. The standard InChI is InChI=1S/C50H29N5/c51-30-32-25-35(28-38(26-32)55-48-22-8-4-17-42(48)44-18-10-12-34(31-52)50(44)55)33-11-9-13-36(27-33)54-47-21-7-3-16-41(47)43-24-23-37(29-49(43)54)53-45-19-5-1-14-39(45)40-15-2-6-20-46(40)53/h1-29H. The van der Waals surface area contributed by atoms with Gasteiger partial charge in [-0.1, -0.05) is 103 Å². The molecule has 0 atom stereocenters. The molecule has 3 heterocycles. The van der Waals surface area contributed by atoms with Gasteiger partial charge in [0.05, 0.1) is 50.3 Å². The molecular formula is C50H29N5. The van der Waals surface area contributed by atoms with E-state index < -0.39 is 0 Å². The van der Waals surface area contributed by atoms with E-state index in [0.29, 0.717) is 11.1 Å². The Hall–Kier alpha value is -7.86. The quantitative estimate of drug-likeness (QED) is 0.184. The number of aromatic nitrogens is 3. The first-order chi connectivity index (χ1) is 27.2. The van der Waals surface area contributed by atoms with Gasteiger partial charge in [0.2, 0.25) is 0 Å². The smallest absolute Gasteiger partial charge is 0.101 e. The average Bonchev–Trinajstić information content (AvgIpc) is 3.89. The number of hydrogen-bond acceptors (Lipinski definition) is 2. The maximum atomic E-state index is 10.3. The summed E-state index contributed by atoms with van der Waals surface area (Å²) in [5.74, 6) is 0. The van der Waals surface area contributed by atoms with Crippen LogP contribution in [0.1, 0.15) is 11.1 Å². The summed E-state index contributed by atoms with van der Waals surface area (Å²) in [5, 5.41) is 27.4. The van der Waals surface area contributed by atoms with Crippen LogP contribution in [0.25, 0.3) is 93.6 Å². The van der Waals surface area contributed by atoms with Gasteiger partial charge in [0.25, 0.3) is 0 Å². The van der Waals surface area contributed by atoms with E-state index in [1.54, 1.807) is 0 Å². The van der Waals surface area contributed by atoms with Crippen LogP contribution in [0.2, 0.25) is 0 Å². The molecule has 0 aliphatic heterocycles. The van der Waals surface area contributed by atoms with Crippen LogP contribution in [0.5, 0.6) is 0 Å². The van der Waals surface area contributed by atoms with Gasteiger partial charge in [0, 0.05) is 49.4 Å². The second-order valence-corrected chi connectivity index (χ2v) is 14.0. The second kappa shape index (κ2) is 11.8. The third-order valence-corrected chi connectivity index (χ3v) is 11.1. The molecule has 0 N–H and O–H groups in total. The van der Waals surface area contributed by atoms with Crippen molar-refractivity contribution in [3.63, 3.8) is 0 Å². The van der Waals surface area contributed by atoms with Gasteiger partial charge >= 0.3 is 0 Å². The fourth-order valence-electron chi connectivity index (χ4n) is 8.75. The normalized spacial score (nSPS) is 11.6. The molecule has 0 spiro atoms. The van der Waals surface area contributed by atoms with E-state index in [0.717, 1.165) is 61.0 Å². The van der Waals surface area contributed by atoms with E-state index in [2.05, 4.69) is 165 Å². The third-order valence-electron chi connectivity index (χ3n) is 11.1. The lowest BCUT2D eigenvalue weighted by molar-refractivity contribution is 1.15. The van der Waals surface area contributed by atoms with E-state index in [4.69, 9.17) is 0 Å². The molecule has 254 valence electrons. The summed E-state index contributed by atoms with van der Waals surface area (Å²) in [5.41, 5.74) is 12.4. The highest BCUT2D eigenvalue weighted by atomic mass is 15.0. The molecule has 0 bridgehead atoms. The summed E-state index contributed by atoms with van der Waals surface area (Å²) in [4.78, 5) is 0. The summed E-state index contributed by atoms with van der Waals surface area (Å²) >= 11 is 0. The monoisotopic (exact) mass is 699 g/mol. The van der Waals surface area contributed by atoms with Crippen molar-refractivity contribution in [2.45, 2.75) is 0 Å². The molecule has 55 heavy (non-hydrogen) atoms. The number of nitrogens with zero attached hydrogens (tertiary/aromatic N) is 5. The zero-order valence-electron chi connectivity index (χ0n) is 29.5. The molecule has 0 aliphatic carbocycles. The molecule has 0 amide bonds. The first-order valence-electron chi connectivity index (χ1n) is 18.3. The van der Waals surface area contributed by atoms with E-state index in [1.165, 1.54) is 32.6 Å². The Balaban J connectivity index is 1.13. The topological polar surface area (TPSA) is 62.4 Å². The van der Waals surface area contributed by atoms with E-state index >= 15 is 0 Å². The van der Waals surface area contributed by atoms with Crippen LogP contribution in [-0.2, 0) is 0 Å². The van der Waals surface area contributed by atoms with Gasteiger partial charge in [-0.25, -0.2) is 0 Å². The highest BCUT2D eigenvalue weighted by Crippen LogP contribution is 2.39. The Kier molecular flexibility index (Phi) is 6.61. The van der Waals surface area contributed by atoms with Gasteiger partial charge in [-0.3, -0.25) is 0 Å².